The molecule has 162 valence electrons. The molecule has 1 amide bonds. The van der Waals surface area contributed by atoms with Crippen LogP contribution in [0.15, 0.2) is 47.8 Å². The second-order valence-electron chi connectivity index (χ2n) is 6.92. The summed E-state index contributed by atoms with van der Waals surface area (Å²) in [6.07, 6.45) is 2.64. The Hall–Kier alpha value is -2.47. The van der Waals surface area contributed by atoms with E-state index in [1.807, 2.05) is 0 Å². The summed E-state index contributed by atoms with van der Waals surface area (Å²) in [4.78, 5) is 19.9. The number of aliphatic hydroxyl groups is 1. The molecule has 1 fully saturated rings. The van der Waals surface area contributed by atoms with Crippen LogP contribution in [0.5, 0.6) is 0 Å². The van der Waals surface area contributed by atoms with E-state index in [1.54, 1.807) is 12.3 Å². The summed E-state index contributed by atoms with van der Waals surface area (Å²) in [5.74, 6) is -0.773. The van der Waals surface area contributed by atoms with E-state index in [1.165, 1.54) is 18.5 Å². The van der Waals surface area contributed by atoms with Crippen molar-refractivity contribution >= 4 is 15.9 Å². The lowest BCUT2D eigenvalue weighted by atomic mass is 9.98. The third-order valence-corrected chi connectivity index (χ3v) is 6.25. The number of ether oxygens (including phenoxy) is 1. The van der Waals surface area contributed by atoms with Crippen LogP contribution in [0.3, 0.4) is 0 Å². The Balaban J connectivity index is 1.53. The average molecular weight is 438 g/mol. The summed E-state index contributed by atoms with van der Waals surface area (Å²) >= 11 is 0. The van der Waals surface area contributed by atoms with Gasteiger partial charge in [0.15, 0.2) is 0 Å². The van der Waals surface area contributed by atoms with Gasteiger partial charge in [0, 0.05) is 6.20 Å². The molecule has 30 heavy (non-hydrogen) atoms. The highest BCUT2D eigenvalue weighted by Crippen LogP contribution is 2.23. The number of carbonyl (C=O) groups is 1. The zero-order valence-corrected chi connectivity index (χ0v) is 16.9. The second kappa shape index (κ2) is 10.0. The monoisotopic (exact) mass is 438 g/mol. The fraction of sp³-hybridized carbons (Fsp3) is 0.421. The summed E-state index contributed by atoms with van der Waals surface area (Å²) in [5.41, 5.74) is 0.673. The number of carbonyl (C=O) groups excluding carboxylic acids is 1. The predicted octanol–water partition coefficient (Wildman–Crippen LogP) is 0.509. The van der Waals surface area contributed by atoms with Gasteiger partial charge in [0.25, 0.3) is 0 Å². The van der Waals surface area contributed by atoms with Crippen LogP contribution in [0.25, 0.3) is 0 Å². The van der Waals surface area contributed by atoms with Gasteiger partial charge in [-0.15, -0.1) is 0 Å². The van der Waals surface area contributed by atoms with Gasteiger partial charge in [-0.2, -0.15) is 0 Å². The molecule has 0 spiro atoms. The molecule has 1 aliphatic rings. The van der Waals surface area contributed by atoms with E-state index in [4.69, 9.17) is 4.74 Å². The SMILES string of the molecule is O=C(C[C@H]1CC[C@@H](NS(=O)(=O)c2ccc(F)cc2)[C@H](CO)O1)NCc1ccncn1. The highest BCUT2D eigenvalue weighted by atomic mass is 32.2. The van der Waals surface area contributed by atoms with Gasteiger partial charge in [-0.1, -0.05) is 0 Å². The third-order valence-electron chi connectivity index (χ3n) is 4.75. The Morgan fingerprint density at radius 2 is 2.00 bits per heavy atom. The molecule has 0 aliphatic carbocycles. The number of hydrogen-bond donors (Lipinski definition) is 3. The summed E-state index contributed by atoms with van der Waals surface area (Å²) in [5, 5.41) is 12.4. The van der Waals surface area contributed by atoms with E-state index >= 15 is 0 Å². The number of nitrogens with zero attached hydrogens (tertiary/aromatic N) is 2. The molecule has 1 aromatic heterocycles. The zero-order valence-electron chi connectivity index (χ0n) is 16.1. The van der Waals surface area contributed by atoms with Crippen molar-refractivity contribution in [3.8, 4) is 0 Å². The number of nitrogens with one attached hydrogen (secondary N) is 2. The average Bonchev–Trinajstić information content (AvgIpc) is 2.74. The van der Waals surface area contributed by atoms with Crippen LogP contribution in [0.1, 0.15) is 25.0 Å². The first-order chi connectivity index (χ1) is 14.4. The molecule has 3 atom stereocenters. The largest absolute Gasteiger partial charge is 0.394 e. The van der Waals surface area contributed by atoms with Gasteiger partial charge < -0.3 is 15.2 Å². The number of hydrogen-bond acceptors (Lipinski definition) is 7. The molecule has 0 bridgehead atoms. The van der Waals surface area contributed by atoms with Crippen molar-refractivity contribution < 1.29 is 27.4 Å². The molecule has 2 heterocycles. The number of rotatable bonds is 8. The van der Waals surface area contributed by atoms with E-state index in [2.05, 4.69) is 20.0 Å². The molecule has 3 rings (SSSR count). The van der Waals surface area contributed by atoms with Gasteiger partial charge in [-0.3, -0.25) is 4.79 Å². The molecule has 3 N–H and O–H groups in total. The van der Waals surface area contributed by atoms with Gasteiger partial charge in [0.1, 0.15) is 12.1 Å². The molecule has 0 unspecified atom stereocenters. The van der Waals surface area contributed by atoms with Gasteiger partial charge in [0.05, 0.1) is 48.4 Å². The molecule has 2 aromatic rings. The Bertz CT molecular complexity index is 943. The molecular formula is C19H23FN4O5S. The van der Waals surface area contributed by atoms with E-state index in [0.717, 1.165) is 12.1 Å². The smallest absolute Gasteiger partial charge is 0.240 e. The van der Waals surface area contributed by atoms with Crippen LogP contribution in [0.4, 0.5) is 4.39 Å². The molecule has 0 saturated carbocycles. The van der Waals surface area contributed by atoms with Gasteiger partial charge in [-0.25, -0.2) is 27.5 Å². The van der Waals surface area contributed by atoms with Crippen LogP contribution >= 0.6 is 0 Å². The number of halogens is 1. The minimum atomic E-state index is -3.90. The lowest BCUT2D eigenvalue weighted by Crippen LogP contribution is -2.51. The minimum Gasteiger partial charge on any atom is -0.394 e. The highest BCUT2D eigenvalue weighted by Gasteiger charge is 2.34. The van der Waals surface area contributed by atoms with Gasteiger partial charge in [-0.05, 0) is 43.2 Å². The summed E-state index contributed by atoms with van der Waals surface area (Å²) in [6, 6.07) is 5.49. The van der Waals surface area contributed by atoms with Crippen LogP contribution in [0, 0.1) is 5.82 Å². The number of aromatic nitrogens is 2. The third kappa shape index (κ3) is 6.02. The normalized spacial score (nSPS) is 21.9. The van der Waals surface area contributed by atoms with Crippen molar-refractivity contribution in [1.82, 2.24) is 20.0 Å². The summed E-state index contributed by atoms with van der Waals surface area (Å²) in [7, 11) is -3.90. The lowest BCUT2D eigenvalue weighted by Gasteiger charge is -2.35. The van der Waals surface area contributed by atoms with E-state index in [0.29, 0.717) is 18.5 Å². The van der Waals surface area contributed by atoms with Crippen molar-refractivity contribution in [3.63, 3.8) is 0 Å². The topological polar surface area (TPSA) is 131 Å². The number of aliphatic hydroxyl groups excluding tert-OH is 1. The summed E-state index contributed by atoms with van der Waals surface area (Å²) < 4.78 is 46.3. The molecular weight excluding hydrogens is 415 g/mol. The van der Waals surface area contributed by atoms with E-state index < -0.39 is 40.7 Å². The predicted molar refractivity (Wildman–Crippen MR) is 104 cm³/mol. The molecule has 1 aliphatic heterocycles. The maximum atomic E-state index is 13.0. The standard InChI is InChI=1S/C19H23FN4O5S/c20-13-1-4-16(5-2-13)30(27,28)24-17-6-3-15(29-18(17)11-25)9-19(26)22-10-14-7-8-21-12-23-14/h1-2,4-5,7-8,12,15,17-18,24-25H,3,6,9-11H2,(H,22,26)/t15-,17-,18+/m1/s1. The number of amides is 1. The minimum absolute atomic E-state index is 0.0770. The van der Waals surface area contributed by atoms with Crippen molar-refractivity contribution in [2.24, 2.45) is 0 Å². The Morgan fingerprint density at radius 1 is 1.23 bits per heavy atom. The van der Waals surface area contributed by atoms with Crippen molar-refractivity contribution in [3.05, 3.63) is 54.4 Å². The summed E-state index contributed by atoms with van der Waals surface area (Å²) in [6.45, 7) is -0.146. The Morgan fingerprint density at radius 3 is 2.67 bits per heavy atom. The molecule has 1 aromatic carbocycles. The van der Waals surface area contributed by atoms with Crippen molar-refractivity contribution in [1.29, 1.82) is 0 Å². The Kier molecular flexibility index (Phi) is 7.43. The van der Waals surface area contributed by atoms with E-state index in [9.17, 15) is 22.7 Å². The fourth-order valence-electron chi connectivity index (χ4n) is 3.19. The van der Waals surface area contributed by atoms with E-state index in [-0.39, 0.29) is 23.8 Å². The first-order valence-electron chi connectivity index (χ1n) is 9.43. The quantitative estimate of drug-likeness (QED) is 0.547. The molecule has 1 saturated heterocycles. The van der Waals surface area contributed by atoms with Gasteiger partial charge >= 0.3 is 0 Å². The van der Waals surface area contributed by atoms with Crippen molar-refractivity contribution in [2.45, 2.75) is 49.0 Å². The van der Waals surface area contributed by atoms with Crippen LogP contribution in [0.2, 0.25) is 0 Å². The second-order valence-corrected chi connectivity index (χ2v) is 8.63. The van der Waals surface area contributed by atoms with Crippen LogP contribution in [-0.4, -0.2) is 54.3 Å². The number of sulfonamides is 1. The number of benzene rings is 1. The Labute approximate surface area is 173 Å². The molecule has 9 nitrogen and oxygen atoms in total. The maximum absolute atomic E-state index is 13.0. The maximum Gasteiger partial charge on any atom is 0.240 e. The first-order valence-corrected chi connectivity index (χ1v) is 10.9. The van der Waals surface area contributed by atoms with Crippen molar-refractivity contribution in [2.75, 3.05) is 6.61 Å². The van der Waals surface area contributed by atoms with Gasteiger partial charge in [0.2, 0.25) is 15.9 Å². The molecule has 11 heteroatoms. The molecule has 0 radical (unpaired) electrons. The van der Waals surface area contributed by atoms with Crippen LogP contribution in [-0.2, 0) is 26.1 Å². The first kappa shape index (κ1) is 22.2. The van der Waals surface area contributed by atoms with Crippen LogP contribution < -0.4 is 10.0 Å². The lowest BCUT2D eigenvalue weighted by molar-refractivity contribution is -0.130. The zero-order chi connectivity index (χ0) is 21.6. The highest BCUT2D eigenvalue weighted by molar-refractivity contribution is 7.89. The fourth-order valence-corrected chi connectivity index (χ4v) is 4.49.